The quantitative estimate of drug-likeness (QED) is 0.802. The highest BCUT2D eigenvalue weighted by Crippen LogP contribution is 2.26. The van der Waals surface area contributed by atoms with Gasteiger partial charge in [0.25, 0.3) is 0 Å². The fourth-order valence-corrected chi connectivity index (χ4v) is 2.76. The van der Waals surface area contributed by atoms with Crippen LogP contribution in [0.15, 0.2) is 0 Å². The van der Waals surface area contributed by atoms with Crippen molar-refractivity contribution in [2.24, 2.45) is 5.92 Å². The molecule has 2 rings (SSSR count). The highest BCUT2D eigenvalue weighted by Gasteiger charge is 2.16. The van der Waals surface area contributed by atoms with E-state index in [9.17, 15) is 0 Å². The largest absolute Gasteiger partial charge is 0.304 e. The highest BCUT2D eigenvalue weighted by atomic mass is 32.1. The zero-order valence-corrected chi connectivity index (χ0v) is 10.1. The highest BCUT2D eigenvalue weighted by molar-refractivity contribution is 7.71. The molecule has 15 heavy (non-hydrogen) atoms. The topological polar surface area (TPSA) is 33.6 Å². The van der Waals surface area contributed by atoms with Crippen LogP contribution in [-0.4, -0.2) is 14.8 Å². The molecular weight excluding hydrogens is 206 g/mol. The maximum absolute atomic E-state index is 5.18. The van der Waals surface area contributed by atoms with Gasteiger partial charge in [-0.25, -0.2) is 0 Å². The maximum atomic E-state index is 5.18. The molecule has 0 unspecified atom stereocenters. The molecule has 1 heterocycles. The van der Waals surface area contributed by atoms with Crippen molar-refractivity contribution in [1.82, 2.24) is 14.8 Å². The Hall–Kier alpha value is -0.640. The van der Waals surface area contributed by atoms with Crippen LogP contribution in [0.2, 0.25) is 0 Å². The van der Waals surface area contributed by atoms with E-state index in [0.29, 0.717) is 0 Å². The third-order valence-corrected chi connectivity index (χ3v) is 3.66. The molecule has 0 atom stereocenters. The van der Waals surface area contributed by atoms with Crippen LogP contribution in [0.25, 0.3) is 0 Å². The van der Waals surface area contributed by atoms with Gasteiger partial charge in [0, 0.05) is 13.0 Å². The summed E-state index contributed by atoms with van der Waals surface area (Å²) in [6, 6.07) is 0. The van der Waals surface area contributed by atoms with Crippen LogP contribution >= 0.6 is 12.2 Å². The zero-order valence-electron chi connectivity index (χ0n) is 9.33. The van der Waals surface area contributed by atoms with Crippen LogP contribution in [0.1, 0.15) is 44.9 Å². The summed E-state index contributed by atoms with van der Waals surface area (Å²) in [4.78, 5) is 0. The van der Waals surface area contributed by atoms with Crippen LogP contribution in [0.4, 0.5) is 0 Å². The third kappa shape index (κ3) is 2.48. The summed E-state index contributed by atoms with van der Waals surface area (Å²) >= 11 is 5.18. The Bertz CT molecular complexity index is 360. The molecule has 0 spiro atoms. The first kappa shape index (κ1) is 10.9. The van der Waals surface area contributed by atoms with Gasteiger partial charge in [-0.2, -0.15) is 5.10 Å². The lowest BCUT2D eigenvalue weighted by molar-refractivity contribution is 0.347. The molecule has 1 N–H and O–H groups in total. The second-order valence-electron chi connectivity index (χ2n) is 4.40. The van der Waals surface area contributed by atoms with E-state index in [1.165, 1.54) is 32.1 Å². The van der Waals surface area contributed by atoms with Crippen molar-refractivity contribution >= 4 is 12.2 Å². The standard InChI is InChI=1S/C11H19N3S/c1-2-14-10(12-13-11(14)15)8-9-6-4-3-5-7-9/h9H,2-8H2,1H3,(H,13,15). The van der Waals surface area contributed by atoms with Crippen LogP contribution < -0.4 is 0 Å². The van der Waals surface area contributed by atoms with Gasteiger partial charge < -0.3 is 4.57 Å². The number of rotatable bonds is 3. The lowest BCUT2D eigenvalue weighted by atomic mass is 9.87. The van der Waals surface area contributed by atoms with E-state index < -0.39 is 0 Å². The van der Waals surface area contributed by atoms with E-state index in [-0.39, 0.29) is 0 Å². The molecule has 1 aromatic heterocycles. The van der Waals surface area contributed by atoms with Crippen molar-refractivity contribution in [2.75, 3.05) is 0 Å². The molecule has 1 aliphatic rings. The normalized spacial score (nSPS) is 18.2. The molecule has 0 aromatic carbocycles. The molecular formula is C11H19N3S. The first-order chi connectivity index (χ1) is 7.31. The van der Waals surface area contributed by atoms with Crippen molar-refractivity contribution < 1.29 is 0 Å². The van der Waals surface area contributed by atoms with E-state index in [2.05, 4.69) is 21.7 Å². The van der Waals surface area contributed by atoms with Gasteiger partial charge in [0.2, 0.25) is 0 Å². The molecule has 1 saturated carbocycles. The van der Waals surface area contributed by atoms with Crippen molar-refractivity contribution in [3.8, 4) is 0 Å². The summed E-state index contributed by atoms with van der Waals surface area (Å²) < 4.78 is 2.88. The van der Waals surface area contributed by atoms with Crippen LogP contribution in [0, 0.1) is 10.7 Å². The van der Waals surface area contributed by atoms with Crippen LogP contribution in [0.3, 0.4) is 0 Å². The predicted molar refractivity (Wildman–Crippen MR) is 63.4 cm³/mol. The molecule has 1 aromatic rings. The fraction of sp³-hybridized carbons (Fsp3) is 0.818. The molecule has 3 nitrogen and oxygen atoms in total. The number of nitrogens with one attached hydrogen (secondary N) is 1. The van der Waals surface area contributed by atoms with E-state index in [1.807, 2.05) is 0 Å². The number of H-pyrrole nitrogens is 1. The summed E-state index contributed by atoms with van der Waals surface area (Å²) in [6.45, 7) is 3.05. The van der Waals surface area contributed by atoms with E-state index in [4.69, 9.17) is 12.2 Å². The van der Waals surface area contributed by atoms with Gasteiger partial charge in [-0.1, -0.05) is 32.1 Å². The van der Waals surface area contributed by atoms with E-state index in [1.54, 1.807) is 0 Å². The molecule has 0 radical (unpaired) electrons. The fourth-order valence-electron chi connectivity index (χ4n) is 2.48. The Morgan fingerprint density at radius 2 is 2.13 bits per heavy atom. The summed E-state index contributed by atoms with van der Waals surface area (Å²) in [6.07, 6.45) is 8.02. The van der Waals surface area contributed by atoms with Gasteiger partial charge >= 0.3 is 0 Å². The smallest absolute Gasteiger partial charge is 0.195 e. The summed E-state index contributed by atoms with van der Waals surface area (Å²) in [5.74, 6) is 1.98. The Kier molecular flexibility index (Phi) is 3.57. The molecule has 0 aliphatic heterocycles. The van der Waals surface area contributed by atoms with Crippen LogP contribution in [-0.2, 0) is 13.0 Å². The van der Waals surface area contributed by atoms with Crippen molar-refractivity contribution in [3.05, 3.63) is 10.6 Å². The van der Waals surface area contributed by atoms with Crippen molar-refractivity contribution in [1.29, 1.82) is 0 Å². The van der Waals surface area contributed by atoms with E-state index in [0.717, 1.165) is 29.5 Å². The first-order valence-electron chi connectivity index (χ1n) is 5.95. The molecule has 4 heteroatoms. The van der Waals surface area contributed by atoms with Gasteiger partial charge in [-0.15, -0.1) is 0 Å². The monoisotopic (exact) mass is 225 g/mol. The van der Waals surface area contributed by atoms with Crippen molar-refractivity contribution in [3.63, 3.8) is 0 Å². The lowest BCUT2D eigenvalue weighted by Gasteiger charge is -2.20. The zero-order chi connectivity index (χ0) is 10.7. The predicted octanol–water partition coefficient (Wildman–Crippen LogP) is 3.08. The summed E-state index contributed by atoms with van der Waals surface area (Å²) in [5, 5.41) is 7.22. The lowest BCUT2D eigenvalue weighted by Crippen LogP contribution is -2.13. The van der Waals surface area contributed by atoms with Gasteiger partial charge in [0.1, 0.15) is 5.82 Å². The molecule has 84 valence electrons. The minimum absolute atomic E-state index is 0.767. The number of hydrogen-bond acceptors (Lipinski definition) is 2. The number of hydrogen-bond donors (Lipinski definition) is 1. The maximum Gasteiger partial charge on any atom is 0.195 e. The Morgan fingerprint density at radius 3 is 2.80 bits per heavy atom. The minimum atomic E-state index is 0.767. The van der Waals surface area contributed by atoms with Gasteiger partial charge in [0.15, 0.2) is 4.77 Å². The van der Waals surface area contributed by atoms with Crippen molar-refractivity contribution in [2.45, 2.75) is 52.0 Å². The second-order valence-corrected chi connectivity index (χ2v) is 4.78. The molecule has 1 aliphatic carbocycles. The van der Waals surface area contributed by atoms with E-state index >= 15 is 0 Å². The minimum Gasteiger partial charge on any atom is -0.304 e. The first-order valence-corrected chi connectivity index (χ1v) is 6.36. The number of aromatic nitrogens is 3. The molecule has 0 saturated heterocycles. The third-order valence-electron chi connectivity index (χ3n) is 3.35. The molecule has 0 amide bonds. The number of nitrogens with zero attached hydrogens (tertiary/aromatic N) is 2. The average molecular weight is 225 g/mol. The average Bonchev–Trinajstić information content (AvgIpc) is 2.61. The summed E-state index contributed by atoms with van der Waals surface area (Å²) in [5.41, 5.74) is 0. The van der Waals surface area contributed by atoms with Gasteiger partial charge in [-0.05, 0) is 25.1 Å². The molecule has 1 fully saturated rings. The Morgan fingerprint density at radius 1 is 1.40 bits per heavy atom. The van der Waals surface area contributed by atoms with Crippen LogP contribution in [0.5, 0.6) is 0 Å². The Labute approximate surface area is 95.9 Å². The SMILES string of the molecule is CCn1c(CC2CCCCC2)n[nH]c1=S. The Balaban J connectivity index is 2.06. The second kappa shape index (κ2) is 4.92. The molecule has 0 bridgehead atoms. The van der Waals surface area contributed by atoms with Gasteiger partial charge in [-0.3, -0.25) is 5.10 Å². The summed E-state index contributed by atoms with van der Waals surface area (Å²) in [7, 11) is 0. The number of aromatic amines is 1. The van der Waals surface area contributed by atoms with Gasteiger partial charge in [0.05, 0.1) is 0 Å².